The van der Waals surface area contributed by atoms with Crippen molar-refractivity contribution in [1.82, 2.24) is 0 Å². The summed E-state index contributed by atoms with van der Waals surface area (Å²) in [7, 11) is 0. The standard InChI is InChI=1S/C17H18FNO3/c18-14-3-7-16(8-4-14)22-12-10-17(21)19-15-5-1-13(2-6-15)9-11-20/h1-8,20H,9-12H2,(H,19,21). The lowest BCUT2D eigenvalue weighted by molar-refractivity contribution is -0.116. The second-order valence-electron chi connectivity index (χ2n) is 4.77. The largest absolute Gasteiger partial charge is 0.493 e. The predicted octanol–water partition coefficient (Wildman–Crippen LogP) is 2.77. The van der Waals surface area contributed by atoms with Crippen molar-refractivity contribution in [2.24, 2.45) is 0 Å². The molecule has 0 aliphatic carbocycles. The number of aliphatic hydroxyl groups is 1. The molecule has 22 heavy (non-hydrogen) atoms. The molecule has 0 atom stereocenters. The van der Waals surface area contributed by atoms with E-state index in [-0.39, 0.29) is 31.4 Å². The number of hydrogen-bond acceptors (Lipinski definition) is 3. The van der Waals surface area contributed by atoms with E-state index in [1.54, 1.807) is 12.1 Å². The van der Waals surface area contributed by atoms with Crippen LogP contribution in [0.1, 0.15) is 12.0 Å². The van der Waals surface area contributed by atoms with Gasteiger partial charge in [-0.25, -0.2) is 4.39 Å². The van der Waals surface area contributed by atoms with Crippen LogP contribution < -0.4 is 10.1 Å². The molecule has 5 heteroatoms. The van der Waals surface area contributed by atoms with Gasteiger partial charge in [0, 0.05) is 12.3 Å². The monoisotopic (exact) mass is 303 g/mol. The first-order valence-corrected chi connectivity index (χ1v) is 7.05. The molecule has 1 amide bonds. The van der Waals surface area contributed by atoms with Gasteiger partial charge >= 0.3 is 0 Å². The molecule has 0 bridgehead atoms. The first-order valence-electron chi connectivity index (χ1n) is 7.05. The van der Waals surface area contributed by atoms with Gasteiger partial charge in [0.2, 0.25) is 5.91 Å². The van der Waals surface area contributed by atoms with Crippen molar-refractivity contribution in [1.29, 1.82) is 0 Å². The number of aliphatic hydroxyl groups excluding tert-OH is 1. The summed E-state index contributed by atoms with van der Waals surface area (Å²) in [6.45, 7) is 0.326. The van der Waals surface area contributed by atoms with E-state index in [0.29, 0.717) is 17.9 Å². The van der Waals surface area contributed by atoms with Crippen LogP contribution in [-0.2, 0) is 11.2 Å². The number of nitrogens with one attached hydrogen (secondary N) is 1. The van der Waals surface area contributed by atoms with Crippen molar-refractivity contribution in [2.45, 2.75) is 12.8 Å². The molecule has 0 aliphatic heterocycles. The predicted molar refractivity (Wildman–Crippen MR) is 82.4 cm³/mol. The maximum Gasteiger partial charge on any atom is 0.227 e. The summed E-state index contributed by atoms with van der Waals surface area (Å²) in [5.41, 5.74) is 1.72. The topological polar surface area (TPSA) is 58.6 Å². The SMILES string of the molecule is O=C(CCOc1ccc(F)cc1)Nc1ccc(CCO)cc1. The van der Waals surface area contributed by atoms with E-state index in [1.807, 2.05) is 12.1 Å². The lowest BCUT2D eigenvalue weighted by Gasteiger charge is -2.08. The zero-order chi connectivity index (χ0) is 15.8. The average Bonchev–Trinajstić information content (AvgIpc) is 2.51. The lowest BCUT2D eigenvalue weighted by Crippen LogP contribution is -2.15. The Morgan fingerprint density at radius 1 is 1.09 bits per heavy atom. The van der Waals surface area contributed by atoms with Crippen LogP contribution in [0.4, 0.5) is 10.1 Å². The highest BCUT2D eigenvalue weighted by molar-refractivity contribution is 5.90. The number of hydrogen-bond donors (Lipinski definition) is 2. The second kappa shape index (κ2) is 8.14. The Bertz CT molecular complexity index is 596. The Hall–Kier alpha value is -2.40. The fraction of sp³-hybridized carbons (Fsp3) is 0.235. The third kappa shape index (κ3) is 5.18. The summed E-state index contributed by atoms with van der Waals surface area (Å²) in [6.07, 6.45) is 0.801. The van der Waals surface area contributed by atoms with Gasteiger partial charge in [-0.3, -0.25) is 4.79 Å². The molecular weight excluding hydrogens is 285 g/mol. The molecule has 2 aromatic rings. The Balaban J connectivity index is 1.74. The molecule has 2 N–H and O–H groups in total. The fourth-order valence-corrected chi connectivity index (χ4v) is 1.90. The Morgan fingerprint density at radius 3 is 2.41 bits per heavy atom. The molecule has 0 aliphatic rings. The van der Waals surface area contributed by atoms with Crippen molar-refractivity contribution in [3.63, 3.8) is 0 Å². The molecule has 4 nitrogen and oxygen atoms in total. The zero-order valence-electron chi connectivity index (χ0n) is 12.1. The molecular formula is C17H18FNO3. The highest BCUT2D eigenvalue weighted by atomic mass is 19.1. The average molecular weight is 303 g/mol. The van der Waals surface area contributed by atoms with Crippen LogP contribution in [-0.4, -0.2) is 24.2 Å². The number of amides is 1. The number of rotatable bonds is 7. The molecule has 2 rings (SSSR count). The minimum atomic E-state index is -0.324. The van der Waals surface area contributed by atoms with Gasteiger partial charge in [-0.1, -0.05) is 12.1 Å². The quantitative estimate of drug-likeness (QED) is 0.827. The van der Waals surface area contributed by atoms with Crippen LogP contribution in [0.3, 0.4) is 0 Å². The third-order valence-corrected chi connectivity index (χ3v) is 3.05. The molecule has 116 valence electrons. The van der Waals surface area contributed by atoms with E-state index in [1.165, 1.54) is 24.3 Å². The van der Waals surface area contributed by atoms with Crippen LogP contribution in [0, 0.1) is 5.82 Å². The Morgan fingerprint density at radius 2 is 1.77 bits per heavy atom. The van der Waals surface area contributed by atoms with Gasteiger partial charge in [0.15, 0.2) is 0 Å². The number of halogens is 1. The number of ether oxygens (including phenoxy) is 1. The smallest absolute Gasteiger partial charge is 0.227 e. The number of carbonyl (C=O) groups is 1. The third-order valence-electron chi connectivity index (χ3n) is 3.05. The van der Waals surface area contributed by atoms with Crippen LogP contribution in [0.25, 0.3) is 0 Å². The van der Waals surface area contributed by atoms with Crippen molar-refractivity contribution in [2.75, 3.05) is 18.5 Å². The highest BCUT2D eigenvalue weighted by Crippen LogP contribution is 2.12. The second-order valence-corrected chi connectivity index (χ2v) is 4.77. The van der Waals surface area contributed by atoms with E-state index >= 15 is 0 Å². The Kier molecular flexibility index (Phi) is 5.91. The molecule has 0 spiro atoms. The molecule has 0 saturated carbocycles. The molecule has 0 aromatic heterocycles. The summed E-state index contributed by atoms with van der Waals surface area (Å²) in [4.78, 5) is 11.8. The maximum absolute atomic E-state index is 12.7. The van der Waals surface area contributed by atoms with E-state index < -0.39 is 0 Å². The van der Waals surface area contributed by atoms with Crippen molar-refractivity contribution < 1.29 is 19.0 Å². The fourth-order valence-electron chi connectivity index (χ4n) is 1.90. The van der Waals surface area contributed by atoms with Crippen LogP contribution in [0.5, 0.6) is 5.75 Å². The van der Waals surface area contributed by atoms with Crippen molar-refractivity contribution >= 4 is 11.6 Å². The zero-order valence-corrected chi connectivity index (χ0v) is 12.1. The Labute approximate surface area is 128 Å². The first kappa shape index (κ1) is 16.0. The van der Waals surface area contributed by atoms with E-state index in [0.717, 1.165) is 5.56 Å². The summed E-state index contributed by atoms with van der Waals surface area (Å²) < 4.78 is 18.1. The van der Waals surface area contributed by atoms with Crippen LogP contribution in [0.15, 0.2) is 48.5 Å². The van der Waals surface area contributed by atoms with Gasteiger partial charge in [0.05, 0.1) is 13.0 Å². The van der Waals surface area contributed by atoms with E-state index in [2.05, 4.69) is 5.32 Å². The van der Waals surface area contributed by atoms with Crippen LogP contribution >= 0.6 is 0 Å². The molecule has 0 saturated heterocycles. The first-order chi connectivity index (χ1) is 10.7. The lowest BCUT2D eigenvalue weighted by atomic mass is 10.1. The van der Waals surface area contributed by atoms with Crippen LogP contribution in [0.2, 0.25) is 0 Å². The summed E-state index contributed by atoms with van der Waals surface area (Å²) in [5.74, 6) is 0.0503. The highest BCUT2D eigenvalue weighted by Gasteiger charge is 2.03. The van der Waals surface area contributed by atoms with Gasteiger partial charge in [-0.2, -0.15) is 0 Å². The molecule has 0 fully saturated rings. The molecule has 0 radical (unpaired) electrons. The number of benzene rings is 2. The summed E-state index contributed by atoms with van der Waals surface area (Å²) in [6, 6.07) is 13.0. The molecule has 0 unspecified atom stereocenters. The summed E-state index contributed by atoms with van der Waals surface area (Å²) in [5, 5.41) is 11.6. The van der Waals surface area contributed by atoms with Gasteiger partial charge in [0.1, 0.15) is 11.6 Å². The van der Waals surface area contributed by atoms with Gasteiger partial charge in [0.25, 0.3) is 0 Å². The van der Waals surface area contributed by atoms with Crippen molar-refractivity contribution in [3.8, 4) is 5.75 Å². The molecule has 2 aromatic carbocycles. The van der Waals surface area contributed by atoms with Gasteiger partial charge in [-0.15, -0.1) is 0 Å². The minimum Gasteiger partial charge on any atom is -0.493 e. The maximum atomic E-state index is 12.7. The molecule has 0 heterocycles. The number of carbonyl (C=O) groups excluding carboxylic acids is 1. The van der Waals surface area contributed by atoms with Gasteiger partial charge in [-0.05, 0) is 48.4 Å². The van der Waals surface area contributed by atoms with E-state index in [4.69, 9.17) is 9.84 Å². The summed E-state index contributed by atoms with van der Waals surface area (Å²) >= 11 is 0. The van der Waals surface area contributed by atoms with E-state index in [9.17, 15) is 9.18 Å². The normalized spacial score (nSPS) is 10.3. The van der Waals surface area contributed by atoms with Crippen molar-refractivity contribution in [3.05, 3.63) is 59.9 Å². The number of anilines is 1. The van der Waals surface area contributed by atoms with Gasteiger partial charge < -0.3 is 15.2 Å². The minimum absolute atomic E-state index is 0.104.